The van der Waals surface area contributed by atoms with Gasteiger partial charge < -0.3 is 9.84 Å². The summed E-state index contributed by atoms with van der Waals surface area (Å²) in [5.41, 5.74) is 1.12. The lowest BCUT2D eigenvalue weighted by Crippen LogP contribution is -2.08. The van der Waals surface area contributed by atoms with E-state index in [2.05, 4.69) is 10.3 Å². The van der Waals surface area contributed by atoms with E-state index in [9.17, 15) is 4.79 Å². The minimum absolute atomic E-state index is 0.0766. The minimum Gasteiger partial charge on any atom is -0.476 e. The van der Waals surface area contributed by atoms with E-state index in [1.54, 1.807) is 0 Å². The van der Waals surface area contributed by atoms with Crippen LogP contribution in [-0.2, 0) is 11.3 Å². The number of hydrogen-bond donors (Lipinski definition) is 1. The number of rotatable bonds is 5. The van der Waals surface area contributed by atoms with Gasteiger partial charge in [-0.25, -0.2) is 9.48 Å². The van der Waals surface area contributed by atoms with E-state index in [4.69, 9.17) is 9.84 Å². The van der Waals surface area contributed by atoms with Crippen LogP contribution in [0.15, 0.2) is 30.3 Å². The van der Waals surface area contributed by atoms with Gasteiger partial charge >= 0.3 is 5.97 Å². The summed E-state index contributed by atoms with van der Waals surface area (Å²) in [5, 5.41) is 16.6. The van der Waals surface area contributed by atoms with E-state index in [-0.39, 0.29) is 12.3 Å². The quantitative estimate of drug-likeness (QED) is 0.866. The Morgan fingerprint density at radius 3 is 2.72 bits per heavy atom. The van der Waals surface area contributed by atoms with Gasteiger partial charge in [0.2, 0.25) is 0 Å². The second-order valence-electron chi connectivity index (χ2n) is 3.57. The molecular formula is C12H13N3O3. The number of aromatic nitrogens is 3. The standard InChI is InChI=1S/C12H13N3O3/c1-2-18-8-10-11(12(16)17)13-14-15(10)9-6-4-3-5-7-9/h3-7H,2,8H2,1H3,(H,16,17). The summed E-state index contributed by atoms with van der Waals surface area (Å²) in [6.07, 6.45) is 0. The monoisotopic (exact) mass is 247 g/mol. The molecule has 1 aromatic heterocycles. The first-order chi connectivity index (χ1) is 8.74. The largest absolute Gasteiger partial charge is 0.476 e. The molecule has 0 aliphatic rings. The van der Waals surface area contributed by atoms with Crippen molar-refractivity contribution < 1.29 is 14.6 Å². The Bertz CT molecular complexity index is 537. The van der Waals surface area contributed by atoms with Crippen LogP contribution >= 0.6 is 0 Å². The minimum atomic E-state index is -1.10. The molecule has 1 heterocycles. The molecule has 0 aliphatic carbocycles. The van der Waals surface area contributed by atoms with Gasteiger partial charge in [-0.05, 0) is 19.1 Å². The van der Waals surface area contributed by atoms with Crippen LogP contribution in [-0.4, -0.2) is 32.7 Å². The smallest absolute Gasteiger partial charge is 0.358 e. The molecule has 0 radical (unpaired) electrons. The number of hydrogen-bond acceptors (Lipinski definition) is 4. The number of aromatic carboxylic acids is 1. The van der Waals surface area contributed by atoms with Crippen LogP contribution in [0.1, 0.15) is 23.1 Å². The van der Waals surface area contributed by atoms with Crippen molar-refractivity contribution >= 4 is 5.97 Å². The van der Waals surface area contributed by atoms with E-state index in [1.807, 2.05) is 37.3 Å². The molecule has 0 atom stereocenters. The first kappa shape index (κ1) is 12.3. The lowest BCUT2D eigenvalue weighted by molar-refractivity contribution is 0.0681. The van der Waals surface area contributed by atoms with Gasteiger partial charge in [0.1, 0.15) is 5.69 Å². The summed E-state index contributed by atoms with van der Waals surface area (Å²) in [6, 6.07) is 9.23. The molecule has 1 N–H and O–H groups in total. The third-order valence-electron chi connectivity index (χ3n) is 2.41. The number of carboxylic acid groups (broad SMARTS) is 1. The van der Waals surface area contributed by atoms with Crippen molar-refractivity contribution in [2.45, 2.75) is 13.5 Å². The van der Waals surface area contributed by atoms with Gasteiger partial charge in [-0.1, -0.05) is 23.4 Å². The van der Waals surface area contributed by atoms with Crippen molar-refractivity contribution in [3.63, 3.8) is 0 Å². The van der Waals surface area contributed by atoms with Crippen molar-refractivity contribution in [3.8, 4) is 5.69 Å². The highest BCUT2D eigenvalue weighted by atomic mass is 16.5. The Balaban J connectivity index is 2.44. The fraction of sp³-hybridized carbons (Fsp3) is 0.250. The lowest BCUT2D eigenvalue weighted by Gasteiger charge is -2.06. The van der Waals surface area contributed by atoms with Crippen molar-refractivity contribution in [2.75, 3.05) is 6.61 Å². The number of ether oxygens (including phenoxy) is 1. The van der Waals surface area contributed by atoms with Crippen LogP contribution in [0.3, 0.4) is 0 Å². The number of para-hydroxylation sites is 1. The zero-order chi connectivity index (χ0) is 13.0. The highest BCUT2D eigenvalue weighted by molar-refractivity contribution is 5.86. The maximum Gasteiger partial charge on any atom is 0.358 e. The van der Waals surface area contributed by atoms with Gasteiger partial charge in [0, 0.05) is 6.61 Å². The van der Waals surface area contributed by atoms with Gasteiger partial charge in [0.25, 0.3) is 0 Å². The number of nitrogens with zero attached hydrogens (tertiary/aromatic N) is 3. The van der Waals surface area contributed by atoms with Crippen LogP contribution in [0, 0.1) is 0 Å². The molecule has 94 valence electrons. The molecular weight excluding hydrogens is 234 g/mol. The Morgan fingerprint density at radius 2 is 2.11 bits per heavy atom. The molecule has 0 bridgehead atoms. The second kappa shape index (κ2) is 5.42. The Hall–Kier alpha value is -2.21. The molecule has 0 spiro atoms. The highest BCUT2D eigenvalue weighted by Gasteiger charge is 2.19. The molecule has 1 aromatic carbocycles. The average Bonchev–Trinajstić information content (AvgIpc) is 2.81. The summed E-state index contributed by atoms with van der Waals surface area (Å²) >= 11 is 0. The molecule has 6 heteroatoms. The summed E-state index contributed by atoms with van der Waals surface area (Å²) in [6.45, 7) is 2.51. The third kappa shape index (κ3) is 2.38. The van der Waals surface area contributed by atoms with E-state index in [0.29, 0.717) is 12.3 Å². The molecule has 0 fully saturated rings. The molecule has 0 saturated heterocycles. The number of benzene rings is 1. The van der Waals surface area contributed by atoms with Crippen molar-refractivity contribution in [2.24, 2.45) is 0 Å². The Morgan fingerprint density at radius 1 is 1.39 bits per heavy atom. The molecule has 0 aliphatic heterocycles. The van der Waals surface area contributed by atoms with Crippen LogP contribution in [0.4, 0.5) is 0 Å². The van der Waals surface area contributed by atoms with E-state index in [1.165, 1.54) is 4.68 Å². The molecule has 2 aromatic rings. The van der Waals surface area contributed by atoms with Crippen molar-refractivity contribution in [1.82, 2.24) is 15.0 Å². The molecule has 6 nitrogen and oxygen atoms in total. The fourth-order valence-electron chi connectivity index (χ4n) is 1.57. The van der Waals surface area contributed by atoms with Crippen LogP contribution in [0.5, 0.6) is 0 Å². The molecule has 18 heavy (non-hydrogen) atoms. The van der Waals surface area contributed by atoms with Crippen LogP contribution in [0.2, 0.25) is 0 Å². The average molecular weight is 247 g/mol. The van der Waals surface area contributed by atoms with E-state index < -0.39 is 5.97 Å². The summed E-state index contributed by atoms with van der Waals surface area (Å²) in [5.74, 6) is -1.10. The summed E-state index contributed by atoms with van der Waals surface area (Å²) in [7, 11) is 0. The van der Waals surface area contributed by atoms with Gasteiger partial charge in [-0.15, -0.1) is 5.10 Å². The number of carboxylic acids is 1. The maximum atomic E-state index is 11.1. The lowest BCUT2D eigenvalue weighted by atomic mass is 10.3. The number of carbonyl (C=O) groups is 1. The Kier molecular flexibility index (Phi) is 3.69. The van der Waals surface area contributed by atoms with Crippen LogP contribution < -0.4 is 0 Å². The zero-order valence-electron chi connectivity index (χ0n) is 9.91. The van der Waals surface area contributed by atoms with Gasteiger partial charge in [-0.2, -0.15) is 0 Å². The molecule has 0 unspecified atom stereocenters. The Labute approximate surface area is 104 Å². The van der Waals surface area contributed by atoms with E-state index >= 15 is 0 Å². The second-order valence-corrected chi connectivity index (χ2v) is 3.57. The van der Waals surface area contributed by atoms with Gasteiger partial charge in [0.05, 0.1) is 12.3 Å². The maximum absolute atomic E-state index is 11.1. The van der Waals surface area contributed by atoms with Gasteiger partial charge in [0.15, 0.2) is 5.69 Å². The fourth-order valence-corrected chi connectivity index (χ4v) is 1.57. The van der Waals surface area contributed by atoms with Crippen molar-refractivity contribution in [3.05, 3.63) is 41.7 Å². The summed E-state index contributed by atoms with van der Waals surface area (Å²) in [4.78, 5) is 11.1. The van der Waals surface area contributed by atoms with Crippen molar-refractivity contribution in [1.29, 1.82) is 0 Å². The topological polar surface area (TPSA) is 77.2 Å². The normalized spacial score (nSPS) is 10.5. The third-order valence-corrected chi connectivity index (χ3v) is 2.41. The summed E-state index contributed by atoms with van der Waals surface area (Å²) < 4.78 is 6.75. The van der Waals surface area contributed by atoms with E-state index in [0.717, 1.165) is 5.69 Å². The SMILES string of the molecule is CCOCc1c(C(=O)O)nnn1-c1ccccc1. The predicted molar refractivity (Wildman–Crippen MR) is 63.6 cm³/mol. The van der Waals surface area contributed by atoms with Crippen LogP contribution in [0.25, 0.3) is 5.69 Å². The highest BCUT2D eigenvalue weighted by Crippen LogP contribution is 2.14. The first-order valence-corrected chi connectivity index (χ1v) is 5.55. The predicted octanol–water partition coefficient (Wildman–Crippen LogP) is 1.50. The molecule has 2 rings (SSSR count). The van der Waals surface area contributed by atoms with Gasteiger partial charge in [-0.3, -0.25) is 0 Å². The zero-order valence-corrected chi connectivity index (χ0v) is 9.91. The molecule has 0 amide bonds. The molecule has 0 saturated carbocycles. The first-order valence-electron chi connectivity index (χ1n) is 5.55.